The molecule has 1 unspecified atom stereocenters. The smallest absolute Gasteiger partial charge is 0.319 e. The van der Waals surface area contributed by atoms with Gasteiger partial charge in [0.25, 0.3) is 0 Å². The molecule has 0 aromatic heterocycles. The highest BCUT2D eigenvalue weighted by molar-refractivity contribution is 7.99. The second-order valence-electron chi connectivity index (χ2n) is 4.39. The predicted molar refractivity (Wildman–Crippen MR) is 75.7 cm³/mol. The van der Waals surface area contributed by atoms with Crippen molar-refractivity contribution in [3.05, 3.63) is 29.8 Å². The summed E-state index contributed by atoms with van der Waals surface area (Å²) in [6.45, 7) is 0. The average Bonchev–Trinajstić information content (AvgIpc) is 2.83. The van der Waals surface area contributed by atoms with Crippen molar-refractivity contribution in [2.75, 3.05) is 16.8 Å². The number of para-hydroxylation sites is 1. The third-order valence-electron chi connectivity index (χ3n) is 2.87. The molecule has 1 saturated heterocycles. The van der Waals surface area contributed by atoms with E-state index in [0.29, 0.717) is 11.3 Å². The largest absolute Gasteiger partial charge is 0.481 e. The predicted octanol–water partition coefficient (Wildman–Crippen LogP) is 1.94. The number of hydrogen-bond acceptors (Lipinski definition) is 3. The van der Waals surface area contributed by atoms with Crippen LogP contribution in [0.15, 0.2) is 24.3 Å². The number of carboxylic acid groups (broad SMARTS) is 1. The van der Waals surface area contributed by atoms with Gasteiger partial charge in [-0.1, -0.05) is 18.2 Å². The number of carbonyl (C=O) groups is 2. The molecule has 19 heavy (non-hydrogen) atoms. The number of anilines is 1. The summed E-state index contributed by atoms with van der Waals surface area (Å²) in [5.74, 6) is 1.09. The molecule has 0 saturated carbocycles. The standard InChI is InChI=1S/C13H16N2O3S/c16-12(17)7-9-3-1-2-4-11(9)15-13(18)14-10-5-6-19-8-10/h1-4,10H,5-8H2,(H,16,17)(H2,14,15,18). The van der Waals surface area contributed by atoms with Gasteiger partial charge in [0.05, 0.1) is 6.42 Å². The summed E-state index contributed by atoms with van der Waals surface area (Å²) in [4.78, 5) is 22.6. The number of amides is 2. The molecule has 1 heterocycles. The average molecular weight is 280 g/mol. The van der Waals surface area contributed by atoms with Crippen molar-refractivity contribution in [2.45, 2.75) is 18.9 Å². The van der Waals surface area contributed by atoms with Crippen molar-refractivity contribution in [1.29, 1.82) is 0 Å². The van der Waals surface area contributed by atoms with E-state index in [9.17, 15) is 9.59 Å². The second-order valence-corrected chi connectivity index (χ2v) is 5.54. The number of carbonyl (C=O) groups excluding carboxylic acids is 1. The van der Waals surface area contributed by atoms with E-state index in [1.165, 1.54) is 0 Å². The molecule has 1 aliphatic heterocycles. The topological polar surface area (TPSA) is 78.4 Å². The molecule has 2 amide bonds. The molecule has 0 aliphatic carbocycles. The number of carboxylic acids is 1. The molecule has 5 nitrogen and oxygen atoms in total. The summed E-state index contributed by atoms with van der Waals surface area (Å²) in [5, 5.41) is 14.4. The molecule has 1 fully saturated rings. The molecule has 1 aliphatic rings. The first-order valence-electron chi connectivity index (χ1n) is 6.10. The molecule has 1 aromatic rings. The first-order valence-corrected chi connectivity index (χ1v) is 7.25. The maximum absolute atomic E-state index is 11.8. The van der Waals surface area contributed by atoms with Crippen molar-refractivity contribution < 1.29 is 14.7 Å². The van der Waals surface area contributed by atoms with Crippen molar-refractivity contribution in [3.63, 3.8) is 0 Å². The minimum Gasteiger partial charge on any atom is -0.481 e. The van der Waals surface area contributed by atoms with Crippen LogP contribution in [0.1, 0.15) is 12.0 Å². The number of benzene rings is 1. The van der Waals surface area contributed by atoms with Crippen LogP contribution in [-0.2, 0) is 11.2 Å². The van der Waals surface area contributed by atoms with Crippen LogP contribution in [0.25, 0.3) is 0 Å². The molecule has 2 rings (SSSR count). The van der Waals surface area contributed by atoms with Crippen molar-refractivity contribution >= 4 is 29.4 Å². The minimum absolute atomic E-state index is 0.101. The molecule has 1 atom stereocenters. The molecule has 0 spiro atoms. The Hall–Kier alpha value is -1.69. The molecule has 3 N–H and O–H groups in total. The van der Waals surface area contributed by atoms with Crippen LogP contribution < -0.4 is 10.6 Å². The molecular formula is C13H16N2O3S. The zero-order chi connectivity index (χ0) is 13.7. The summed E-state index contributed by atoms with van der Waals surface area (Å²) in [7, 11) is 0. The lowest BCUT2D eigenvalue weighted by atomic mass is 10.1. The third kappa shape index (κ3) is 4.17. The van der Waals surface area contributed by atoms with E-state index < -0.39 is 5.97 Å². The van der Waals surface area contributed by atoms with Gasteiger partial charge in [-0.05, 0) is 23.8 Å². The molecule has 102 valence electrons. The fraction of sp³-hybridized carbons (Fsp3) is 0.385. The van der Waals surface area contributed by atoms with Crippen LogP contribution in [0.3, 0.4) is 0 Å². The van der Waals surface area contributed by atoms with Crippen molar-refractivity contribution in [2.24, 2.45) is 0 Å². The van der Waals surface area contributed by atoms with E-state index in [4.69, 9.17) is 5.11 Å². The Kier molecular flexibility index (Phi) is 4.68. The van der Waals surface area contributed by atoms with Crippen LogP contribution >= 0.6 is 11.8 Å². The Labute approximate surface area is 115 Å². The van der Waals surface area contributed by atoms with Gasteiger partial charge < -0.3 is 15.7 Å². The molecule has 1 aromatic carbocycles. The van der Waals surface area contributed by atoms with Gasteiger partial charge in [0.2, 0.25) is 0 Å². The van der Waals surface area contributed by atoms with Crippen LogP contribution in [0.2, 0.25) is 0 Å². The summed E-state index contributed by atoms with van der Waals surface area (Å²) in [6, 6.07) is 6.87. The number of urea groups is 1. The van der Waals surface area contributed by atoms with Gasteiger partial charge >= 0.3 is 12.0 Å². The lowest BCUT2D eigenvalue weighted by Crippen LogP contribution is -2.38. The van der Waals surface area contributed by atoms with Gasteiger partial charge in [-0.15, -0.1) is 0 Å². The normalized spacial score (nSPS) is 18.0. The summed E-state index contributed by atoms with van der Waals surface area (Å²) < 4.78 is 0. The zero-order valence-corrected chi connectivity index (χ0v) is 11.2. The summed E-state index contributed by atoms with van der Waals surface area (Å²) >= 11 is 1.82. The van der Waals surface area contributed by atoms with Gasteiger partial charge in [0, 0.05) is 17.5 Å². The van der Waals surface area contributed by atoms with Crippen molar-refractivity contribution in [3.8, 4) is 0 Å². The highest BCUT2D eigenvalue weighted by atomic mass is 32.2. The van der Waals surface area contributed by atoms with E-state index in [-0.39, 0.29) is 18.5 Å². The van der Waals surface area contributed by atoms with Gasteiger partial charge in [-0.25, -0.2) is 4.79 Å². The Morgan fingerprint density at radius 1 is 1.37 bits per heavy atom. The number of thioether (sulfide) groups is 1. The Bertz CT molecular complexity index is 473. The van der Waals surface area contributed by atoms with E-state index >= 15 is 0 Å². The SMILES string of the molecule is O=C(O)Cc1ccccc1NC(=O)NC1CCSC1. The maximum atomic E-state index is 11.8. The van der Waals surface area contributed by atoms with Crippen LogP contribution in [0, 0.1) is 0 Å². The van der Waals surface area contributed by atoms with Crippen LogP contribution in [-0.4, -0.2) is 34.7 Å². The fourth-order valence-corrected chi connectivity index (χ4v) is 3.10. The third-order valence-corrected chi connectivity index (χ3v) is 4.03. The van der Waals surface area contributed by atoms with Gasteiger partial charge in [-0.3, -0.25) is 4.79 Å². The van der Waals surface area contributed by atoms with Crippen molar-refractivity contribution in [1.82, 2.24) is 5.32 Å². The zero-order valence-electron chi connectivity index (χ0n) is 10.4. The van der Waals surface area contributed by atoms with Crippen LogP contribution in [0.4, 0.5) is 10.5 Å². The monoisotopic (exact) mass is 280 g/mol. The summed E-state index contributed by atoms with van der Waals surface area (Å²) in [5.41, 5.74) is 1.15. The van der Waals surface area contributed by atoms with Crippen LogP contribution in [0.5, 0.6) is 0 Å². The highest BCUT2D eigenvalue weighted by Gasteiger charge is 2.18. The number of nitrogens with one attached hydrogen (secondary N) is 2. The summed E-state index contributed by atoms with van der Waals surface area (Å²) in [6.07, 6.45) is 0.880. The number of aliphatic carboxylic acids is 1. The van der Waals surface area contributed by atoms with E-state index in [0.717, 1.165) is 17.9 Å². The molecular weight excluding hydrogens is 264 g/mol. The Morgan fingerprint density at radius 2 is 2.16 bits per heavy atom. The van der Waals surface area contributed by atoms with Gasteiger partial charge in [0.1, 0.15) is 0 Å². The second kappa shape index (κ2) is 6.47. The Morgan fingerprint density at radius 3 is 2.84 bits per heavy atom. The Balaban J connectivity index is 1.97. The number of rotatable bonds is 4. The first-order chi connectivity index (χ1) is 9.15. The van der Waals surface area contributed by atoms with E-state index in [1.807, 2.05) is 11.8 Å². The van der Waals surface area contributed by atoms with E-state index in [1.54, 1.807) is 24.3 Å². The van der Waals surface area contributed by atoms with Gasteiger partial charge in [0.15, 0.2) is 0 Å². The lowest BCUT2D eigenvalue weighted by molar-refractivity contribution is -0.136. The maximum Gasteiger partial charge on any atom is 0.319 e. The molecule has 0 radical (unpaired) electrons. The lowest BCUT2D eigenvalue weighted by Gasteiger charge is -2.14. The molecule has 0 bridgehead atoms. The van der Waals surface area contributed by atoms with E-state index in [2.05, 4.69) is 10.6 Å². The van der Waals surface area contributed by atoms with Gasteiger partial charge in [-0.2, -0.15) is 11.8 Å². The highest BCUT2D eigenvalue weighted by Crippen LogP contribution is 2.18. The molecule has 6 heteroatoms. The fourth-order valence-electron chi connectivity index (χ4n) is 1.95. The number of hydrogen-bond donors (Lipinski definition) is 3. The first kappa shape index (κ1) is 13.7. The quantitative estimate of drug-likeness (QED) is 0.787. The minimum atomic E-state index is -0.915.